The summed E-state index contributed by atoms with van der Waals surface area (Å²) in [5.74, 6) is 0.327. The minimum atomic E-state index is -0.512. The van der Waals surface area contributed by atoms with Crippen molar-refractivity contribution in [3.63, 3.8) is 0 Å². The molecule has 0 aliphatic heterocycles. The Hall–Kier alpha value is -18.7. The molecule has 0 saturated heterocycles. The molecule has 0 aliphatic rings. The van der Waals surface area contributed by atoms with Gasteiger partial charge in [0.25, 0.3) is 33.7 Å². The summed E-state index contributed by atoms with van der Waals surface area (Å²) in [5, 5.41) is 25.7. The maximum absolute atomic E-state index is 13.4. The number of nitrogens with zero attached hydrogens (tertiary/aromatic N) is 10. The lowest BCUT2D eigenvalue weighted by atomic mass is 10.2. The van der Waals surface area contributed by atoms with Gasteiger partial charge in [-0.25, -0.2) is 56.6 Å². The number of para-hydroxylation sites is 10. The molecule has 6 heterocycles. The molecule has 6 aromatic heterocycles. The number of aryl methyl sites for hydroxylation is 3. The first-order valence-corrected chi connectivity index (χ1v) is 46.2. The number of carbonyl (C=O) groups is 5. The average molecular weight is 1970 g/mol. The second-order valence-corrected chi connectivity index (χ2v) is 33.9. The van der Waals surface area contributed by atoms with Crippen molar-refractivity contribution in [1.82, 2.24) is 51.8 Å². The second kappa shape index (κ2) is 45.1. The summed E-state index contributed by atoms with van der Waals surface area (Å²) < 4.78 is 22.8. The number of aromatic nitrogens is 11. The van der Waals surface area contributed by atoms with Crippen molar-refractivity contribution in [2.75, 3.05) is 55.0 Å². The zero-order chi connectivity index (χ0) is 101. The van der Waals surface area contributed by atoms with Gasteiger partial charge in [0.2, 0.25) is 0 Å². The number of urea groups is 4. The molecule has 0 aliphatic carbocycles. The number of anilines is 9. The van der Waals surface area contributed by atoms with Gasteiger partial charge in [-0.15, -0.1) is 0 Å². The van der Waals surface area contributed by atoms with Crippen LogP contribution in [0.3, 0.4) is 0 Å². The van der Waals surface area contributed by atoms with Crippen molar-refractivity contribution in [3.8, 4) is 51.2 Å². The zero-order valence-corrected chi connectivity index (χ0v) is 81.6. The first-order chi connectivity index (χ1) is 69.1. The van der Waals surface area contributed by atoms with E-state index >= 15 is 0 Å². The fourth-order valence-electron chi connectivity index (χ4n) is 16.1. The molecule has 10 N–H and O–H groups in total. The van der Waals surface area contributed by atoms with Gasteiger partial charge in [0.1, 0.15) is 39.9 Å². The Bertz CT molecular complexity index is 8090. The highest BCUT2D eigenvalue weighted by Crippen LogP contribution is 2.29. The molecule has 19 rings (SSSR count). The Morgan fingerprint density at radius 2 is 0.580 bits per heavy atom. The van der Waals surface area contributed by atoms with Crippen LogP contribution in [-0.2, 0) is 14.1 Å². The summed E-state index contributed by atoms with van der Waals surface area (Å²) in [6, 6.07) is 110. The summed E-state index contributed by atoms with van der Waals surface area (Å²) in [5.41, 5.74) is 15.8. The van der Waals surface area contributed by atoms with E-state index in [0.29, 0.717) is 79.7 Å². The van der Waals surface area contributed by atoms with Gasteiger partial charge in [-0.1, -0.05) is 216 Å². The molecule has 720 valence electrons. The molecule has 19 aromatic rings. The number of carbonyl (C=O) groups excluding carboxylic acids is 5. The van der Waals surface area contributed by atoms with Gasteiger partial charge in [0.05, 0.1) is 81.1 Å². The Morgan fingerprint density at radius 1 is 0.273 bits per heavy atom. The standard InChI is InChI=1S/C25H24N4O3.C24H22N4O2.C23H19BrN4O2.C20H18N4O2.C19H20N4O2/c1-17-14-15-19(16-22(17)32-3)26-25(31)27-23-18(2)28(20-10-6-4-7-11-20)29(24(23)30)21-12-8-5-9-13-21;1-17-10-9-11-19(16-17)25-24(30)26-22-18(2)27(20-12-5-3-6-13-20)28(23(22)29)21-14-7-4-8-15-21;1-16-21(26-23(30)25-18-14-12-17(24)13-15-18)22(29)28(20-10-6-3-7-11-20)27(16)19-8-4-2-5-9-19;1-13-18(20(26)24(23(13)2)15-9-4-3-5-10-15)22-19(25)17-12-14-8-6-7-11-16(14)21-17;1-13-9-7-8-12-16(13)20-19(25)21-17-14(2)22(3)23(18(17)24)15-10-5-4-6-11-15/h4-16H,1-3H3,(H2,26,27,31);3-16H,1-2H3,(H2,25,26,30);2-15H,1H3,(H2,25,26,30);3-12,21H,1-2H3,(H,22,25);4-12H,1-3H3,(H2,20,21,25). The van der Waals surface area contributed by atoms with Crippen molar-refractivity contribution in [2.24, 2.45) is 14.1 Å². The smallest absolute Gasteiger partial charge is 0.323 e. The molecule has 0 radical (unpaired) electrons. The molecule has 0 atom stereocenters. The molecule has 32 heteroatoms. The average Bonchev–Trinajstić information content (AvgIpc) is 1.62. The molecule has 13 aromatic carbocycles. The van der Waals surface area contributed by atoms with Gasteiger partial charge in [0, 0.05) is 58.3 Å². The Morgan fingerprint density at radius 3 is 0.951 bits per heavy atom. The van der Waals surface area contributed by atoms with Gasteiger partial charge in [0.15, 0.2) is 0 Å². The van der Waals surface area contributed by atoms with Crippen LogP contribution in [0.25, 0.3) is 56.4 Å². The number of fused-ring (bicyclic) bond motifs is 1. The number of benzene rings is 13. The monoisotopic (exact) mass is 1970 g/mol. The van der Waals surface area contributed by atoms with Crippen LogP contribution in [0.4, 0.5) is 70.4 Å². The van der Waals surface area contributed by atoms with Crippen molar-refractivity contribution >= 4 is 108 Å². The van der Waals surface area contributed by atoms with Crippen LogP contribution in [0.5, 0.6) is 5.75 Å². The molecule has 0 bridgehead atoms. The third-order valence-electron chi connectivity index (χ3n) is 23.4. The normalized spacial score (nSPS) is 10.7. The third kappa shape index (κ3) is 22.8. The lowest BCUT2D eigenvalue weighted by Gasteiger charge is -2.13. The predicted octanol–water partition coefficient (Wildman–Crippen LogP) is 21.8. The number of rotatable bonds is 19. The van der Waals surface area contributed by atoms with E-state index in [9.17, 15) is 47.9 Å². The topological polar surface area (TPSA) is 353 Å². The number of methoxy groups -OCH3 is 1. The summed E-state index contributed by atoms with van der Waals surface area (Å²) in [6.07, 6.45) is 0. The SMILES string of the molecule is COc1cc(NC(=O)Nc2c(C)n(-c3ccccc3)n(-c3ccccc3)c2=O)ccc1C.Cc1c(NC(=O)Nc2ccc(Br)cc2)c(=O)n(-c2ccccc2)n1-c1ccccc1.Cc1c(NC(=O)c2cc3ccccc3[nH]2)c(=O)n(-c2ccccc2)n1C.Cc1cccc(NC(=O)Nc2c(C)n(-c3ccccc3)n(-c3ccccc3)c2=O)c1.Cc1ccccc1NC(=O)Nc1c(C)n(C)n(-c2ccccc2)c1=O. The van der Waals surface area contributed by atoms with E-state index in [1.165, 1.54) is 9.36 Å². The van der Waals surface area contributed by atoms with Gasteiger partial charge in [-0.05, 0) is 230 Å². The number of hydrogen-bond acceptors (Lipinski definition) is 11. The molecule has 143 heavy (non-hydrogen) atoms. The van der Waals surface area contributed by atoms with Gasteiger partial charge >= 0.3 is 24.1 Å². The van der Waals surface area contributed by atoms with Gasteiger partial charge in [-0.2, -0.15) is 0 Å². The molecule has 31 nitrogen and oxygen atoms in total. The molecular formula is C111H103BrN20O11. The van der Waals surface area contributed by atoms with Crippen LogP contribution in [0.1, 0.15) is 55.6 Å². The molecule has 0 spiro atoms. The first kappa shape index (κ1) is 98.8. The quantitative estimate of drug-likeness (QED) is 0.0363. The lowest BCUT2D eigenvalue weighted by molar-refractivity contribution is 0.102. The summed E-state index contributed by atoms with van der Waals surface area (Å²) in [6.45, 7) is 14.8. The largest absolute Gasteiger partial charge is 0.496 e. The number of nitrogens with one attached hydrogen (secondary N) is 10. The molecule has 9 amide bonds. The van der Waals surface area contributed by atoms with Crippen LogP contribution in [-0.4, -0.2) is 88.9 Å². The van der Waals surface area contributed by atoms with Crippen molar-refractivity contribution in [2.45, 2.75) is 55.4 Å². The van der Waals surface area contributed by atoms with Crippen LogP contribution in [0.15, 0.2) is 392 Å². The fourth-order valence-corrected chi connectivity index (χ4v) is 16.3. The second-order valence-electron chi connectivity index (χ2n) is 33.0. The number of hydrogen-bond donors (Lipinski definition) is 10. The maximum Gasteiger partial charge on any atom is 0.323 e. The number of amides is 9. The van der Waals surface area contributed by atoms with Crippen molar-refractivity contribution < 1.29 is 28.7 Å². The Kier molecular flexibility index (Phi) is 31.1. The zero-order valence-electron chi connectivity index (χ0n) is 80.0. The van der Waals surface area contributed by atoms with Crippen molar-refractivity contribution in [3.05, 3.63) is 471 Å². The number of H-pyrrole nitrogens is 1. The van der Waals surface area contributed by atoms with Crippen LogP contribution >= 0.6 is 15.9 Å². The predicted molar refractivity (Wildman–Crippen MR) is 571 cm³/mol. The van der Waals surface area contributed by atoms with E-state index in [4.69, 9.17) is 4.74 Å². The van der Waals surface area contributed by atoms with Crippen molar-refractivity contribution in [1.29, 1.82) is 0 Å². The number of halogens is 1. The van der Waals surface area contributed by atoms with Crippen LogP contribution in [0, 0.1) is 55.4 Å². The van der Waals surface area contributed by atoms with E-state index in [2.05, 4.69) is 68.8 Å². The van der Waals surface area contributed by atoms with Crippen LogP contribution in [0.2, 0.25) is 0 Å². The molecule has 0 fully saturated rings. The first-order valence-electron chi connectivity index (χ1n) is 45.4. The molecule has 0 unspecified atom stereocenters. The third-order valence-corrected chi connectivity index (χ3v) is 23.9. The summed E-state index contributed by atoms with van der Waals surface area (Å²) >= 11 is 3.36. The van der Waals surface area contributed by atoms with Gasteiger partial charge < -0.3 is 57.6 Å². The van der Waals surface area contributed by atoms with Gasteiger partial charge in [-0.3, -0.25) is 38.1 Å². The fraction of sp³-hybridized carbons (Fsp3) is 0.0991. The van der Waals surface area contributed by atoms with E-state index in [0.717, 1.165) is 60.5 Å². The Labute approximate surface area is 830 Å². The molecular weight excluding hydrogens is 1870 g/mol. The van der Waals surface area contributed by atoms with E-state index < -0.39 is 24.1 Å². The minimum Gasteiger partial charge on any atom is -0.496 e. The highest BCUT2D eigenvalue weighted by molar-refractivity contribution is 9.10. The highest BCUT2D eigenvalue weighted by atomic mass is 79.9. The highest BCUT2D eigenvalue weighted by Gasteiger charge is 2.28. The Balaban J connectivity index is 0.000000135. The van der Waals surface area contributed by atoms with E-state index in [1.807, 2.05) is 369 Å². The lowest BCUT2D eigenvalue weighted by Crippen LogP contribution is -2.25. The molecule has 0 saturated carbocycles. The van der Waals surface area contributed by atoms with E-state index in [-0.39, 0.29) is 62.1 Å². The summed E-state index contributed by atoms with van der Waals surface area (Å²) in [4.78, 5) is 132. The maximum atomic E-state index is 13.4. The summed E-state index contributed by atoms with van der Waals surface area (Å²) in [7, 11) is 5.16. The number of ether oxygens (including phenoxy) is 1. The van der Waals surface area contributed by atoms with Crippen LogP contribution < -0.4 is 80.4 Å². The van der Waals surface area contributed by atoms with E-state index in [1.54, 1.807) is 109 Å². The number of aromatic amines is 1. The minimum absolute atomic E-state index is 0.203.